The van der Waals surface area contributed by atoms with Crippen LogP contribution in [0.3, 0.4) is 0 Å². The molecular weight excluding hydrogens is 434 g/mol. The van der Waals surface area contributed by atoms with Crippen LogP contribution in [0.4, 0.5) is 0 Å². The molecule has 1 saturated heterocycles. The molecule has 0 unspecified atom stereocenters. The zero-order valence-electron chi connectivity index (χ0n) is 15.7. The first kappa shape index (κ1) is 23.5. The molecule has 3 rings (SSSR count). The van der Waals surface area contributed by atoms with Crippen LogP contribution in [0, 0.1) is 0 Å². The van der Waals surface area contributed by atoms with Crippen LogP contribution in [0.1, 0.15) is 5.56 Å². The average molecular weight is 458 g/mol. The second kappa shape index (κ2) is 9.84. The minimum Gasteiger partial charge on any atom is -0.297 e. The number of hydrogen-bond donors (Lipinski definition) is 1. The first-order valence-electron chi connectivity index (χ1n) is 8.84. The number of rotatable bonds is 6. The molecule has 1 heterocycles. The van der Waals surface area contributed by atoms with E-state index in [0.717, 1.165) is 12.1 Å². The molecule has 0 spiro atoms. The molecule has 0 atom stereocenters. The Hall–Kier alpha value is -1.75. The fourth-order valence-corrected chi connectivity index (χ4v) is 4.94. The third kappa shape index (κ3) is 6.11. The van der Waals surface area contributed by atoms with Crippen molar-refractivity contribution in [2.24, 2.45) is 5.14 Å². The first-order chi connectivity index (χ1) is 13.3. The summed E-state index contributed by atoms with van der Waals surface area (Å²) in [5, 5.41) is 5.05. The molecule has 158 valence electrons. The summed E-state index contributed by atoms with van der Waals surface area (Å²) in [6.45, 7) is 2.80. The van der Waals surface area contributed by atoms with Crippen molar-refractivity contribution in [1.82, 2.24) is 9.21 Å². The Morgan fingerprint density at radius 1 is 0.828 bits per heavy atom. The normalized spacial score (nSPS) is 16.6. The van der Waals surface area contributed by atoms with Crippen LogP contribution in [0.25, 0.3) is 6.08 Å². The van der Waals surface area contributed by atoms with Gasteiger partial charge in [0.1, 0.15) is 0 Å². The van der Waals surface area contributed by atoms with E-state index in [-0.39, 0.29) is 22.2 Å². The number of sulfonamides is 2. The van der Waals surface area contributed by atoms with Gasteiger partial charge in [0.2, 0.25) is 20.0 Å². The summed E-state index contributed by atoms with van der Waals surface area (Å²) in [6.07, 6.45) is 4.13. The van der Waals surface area contributed by atoms with Gasteiger partial charge in [-0.2, -0.15) is 4.31 Å². The fourth-order valence-electron chi connectivity index (χ4n) is 3.00. The second-order valence-electron chi connectivity index (χ2n) is 6.53. The molecule has 0 aromatic heterocycles. The minimum atomic E-state index is -3.85. The van der Waals surface area contributed by atoms with Crippen LogP contribution >= 0.6 is 12.4 Å². The van der Waals surface area contributed by atoms with Crippen LogP contribution in [0.2, 0.25) is 0 Å². The van der Waals surface area contributed by atoms with E-state index >= 15 is 0 Å². The van der Waals surface area contributed by atoms with Crippen molar-refractivity contribution in [2.75, 3.05) is 32.7 Å². The van der Waals surface area contributed by atoms with E-state index in [0.29, 0.717) is 26.2 Å². The summed E-state index contributed by atoms with van der Waals surface area (Å²) in [5.74, 6) is 0. The van der Waals surface area contributed by atoms with Crippen LogP contribution in [-0.4, -0.2) is 58.8 Å². The van der Waals surface area contributed by atoms with E-state index in [1.807, 2.05) is 30.3 Å². The SMILES string of the molecule is Cl.NS(=O)(=O)c1ccc(S(=O)(=O)N2CCN(CC=Cc3ccccc3)CC2)cc1. The van der Waals surface area contributed by atoms with E-state index in [1.165, 1.54) is 28.6 Å². The lowest BCUT2D eigenvalue weighted by molar-refractivity contribution is 0.204. The molecule has 1 aliphatic heterocycles. The number of primary sulfonamides is 1. The highest BCUT2D eigenvalue weighted by Gasteiger charge is 2.28. The predicted octanol–water partition coefficient (Wildman–Crippen LogP) is 1.78. The summed E-state index contributed by atoms with van der Waals surface area (Å²) in [4.78, 5) is 2.15. The minimum absolute atomic E-state index is 0. The summed E-state index contributed by atoms with van der Waals surface area (Å²) < 4.78 is 49.6. The van der Waals surface area contributed by atoms with E-state index in [2.05, 4.69) is 17.1 Å². The Kier molecular flexibility index (Phi) is 7.98. The number of nitrogens with two attached hydrogens (primary N) is 1. The molecule has 10 heteroatoms. The first-order valence-corrected chi connectivity index (χ1v) is 11.8. The van der Waals surface area contributed by atoms with Crippen molar-refractivity contribution in [3.63, 3.8) is 0 Å². The Morgan fingerprint density at radius 2 is 1.38 bits per heavy atom. The highest BCUT2D eigenvalue weighted by Crippen LogP contribution is 2.19. The Balaban J connectivity index is 0.00000300. The predicted molar refractivity (Wildman–Crippen MR) is 116 cm³/mol. The van der Waals surface area contributed by atoms with Crippen molar-refractivity contribution in [2.45, 2.75) is 9.79 Å². The summed E-state index contributed by atoms with van der Waals surface area (Å²) in [7, 11) is -7.51. The molecule has 0 bridgehead atoms. The number of nitrogens with zero attached hydrogens (tertiary/aromatic N) is 2. The zero-order valence-corrected chi connectivity index (χ0v) is 18.2. The number of hydrogen-bond acceptors (Lipinski definition) is 5. The molecule has 0 saturated carbocycles. The molecule has 29 heavy (non-hydrogen) atoms. The molecule has 0 amide bonds. The number of piperazine rings is 1. The van der Waals surface area contributed by atoms with E-state index in [9.17, 15) is 16.8 Å². The van der Waals surface area contributed by atoms with Crippen LogP contribution in [0.15, 0.2) is 70.5 Å². The van der Waals surface area contributed by atoms with E-state index in [4.69, 9.17) is 5.14 Å². The maximum Gasteiger partial charge on any atom is 0.243 e. The fraction of sp³-hybridized carbons (Fsp3) is 0.263. The summed E-state index contributed by atoms with van der Waals surface area (Å²) >= 11 is 0. The van der Waals surface area contributed by atoms with Gasteiger partial charge in [-0.15, -0.1) is 12.4 Å². The molecule has 2 aromatic rings. The maximum atomic E-state index is 12.8. The second-order valence-corrected chi connectivity index (χ2v) is 10.0. The van der Waals surface area contributed by atoms with Gasteiger partial charge in [0.25, 0.3) is 0 Å². The molecular formula is C19H24ClN3O4S2. The third-order valence-electron chi connectivity index (χ3n) is 4.59. The maximum absolute atomic E-state index is 12.8. The molecule has 0 radical (unpaired) electrons. The zero-order chi connectivity index (χ0) is 20.2. The van der Waals surface area contributed by atoms with Crippen LogP contribution in [-0.2, 0) is 20.0 Å². The molecule has 0 aliphatic carbocycles. The topological polar surface area (TPSA) is 101 Å². The highest BCUT2D eigenvalue weighted by atomic mass is 35.5. The Morgan fingerprint density at radius 3 is 1.93 bits per heavy atom. The summed E-state index contributed by atoms with van der Waals surface area (Å²) in [6, 6.07) is 15.0. The smallest absolute Gasteiger partial charge is 0.243 e. The van der Waals surface area contributed by atoms with Gasteiger partial charge in [0.05, 0.1) is 9.79 Å². The van der Waals surface area contributed by atoms with Gasteiger partial charge in [-0.1, -0.05) is 42.5 Å². The van der Waals surface area contributed by atoms with Crippen molar-refractivity contribution in [3.8, 4) is 0 Å². The van der Waals surface area contributed by atoms with Crippen molar-refractivity contribution < 1.29 is 16.8 Å². The molecule has 2 N–H and O–H groups in total. The van der Waals surface area contributed by atoms with Gasteiger partial charge in [-0.3, -0.25) is 4.90 Å². The Bertz CT molecular complexity index is 1030. The van der Waals surface area contributed by atoms with Gasteiger partial charge in [0, 0.05) is 32.7 Å². The molecule has 1 aliphatic rings. The quantitative estimate of drug-likeness (QED) is 0.712. The van der Waals surface area contributed by atoms with Gasteiger partial charge in [0.15, 0.2) is 0 Å². The number of benzene rings is 2. The van der Waals surface area contributed by atoms with Gasteiger partial charge in [-0.05, 0) is 29.8 Å². The van der Waals surface area contributed by atoms with Gasteiger partial charge in [-0.25, -0.2) is 22.0 Å². The lowest BCUT2D eigenvalue weighted by Gasteiger charge is -2.33. The molecule has 7 nitrogen and oxygen atoms in total. The highest BCUT2D eigenvalue weighted by molar-refractivity contribution is 7.89. The van der Waals surface area contributed by atoms with Gasteiger partial charge >= 0.3 is 0 Å². The largest absolute Gasteiger partial charge is 0.297 e. The summed E-state index contributed by atoms with van der Waals surface area (Å²) in [5.41, 5.74) is 1.13. The van der Waals surface area contributed by atoms with E-state index < -0.39 is 20.0 Å². The molecule has 2 aromatic carbocycles. The lowest BCUT2D eigenvalue weighted by Crippen LogP contribution is -2.48. The standard InChI is InChI=1S/C19H23N3O4S2.ClH/c20-27(23,24)18-8-10-19(11-9-18)28(25,26)22-15-13-21(14-16-22)12-4-7-17-5-2-1-3-6-17;/h1-11H,12-16H2,(H2,20,23,24);1H. The molecule has 1 fully saturated rings. The van der Waals surface area contributed by atoms with Crippen molar-refractivity contribution in [1.29, 1.82) is 0 Å². The van der Waals surface area contributed by atoms with Crippen LogP contribution in [0.5, 0.6) is 0 Å². The monoisotopic (exact) mass is 457 g/mol. The van der Waals surface area contributed by atoms with Crippen molar-refractivity contribution >= 4 is 38.5 Å². The average Bonchev–Trinajstić information content (AvgIpc) is 2.69. The third-order valence-corrected chi connectivity index (χ3v) is 7.44. The van der Waals surface area contributed by atoms with Gasteiger partial charge < -0.3 is 0 Å². The van der Waals surface area contributed by atoms with Crippen molar-refractivity contribution in [3.05, 3.63) is 66.2 Å². The van der Waals surface area contributed by atoms with Crippen LogP contribution < -0.4 is 5.14 Å². The number of halogens is 1. The Labute approximate surface area is 178 Å². The van der Waals surface area contributed by atoms with E-state index in [1.54, 1.807) is 0 Å². The lowest BCUT2D eigenvalue weighted by atomic mass is 10.2.